The molecule has 0 aromatic rings. The summed E-state index contributed by atoms with van der Waals surface area (Å²) in [7, 11) is 0. The van der Waals surface area contributed by atoms with Crippen molar-refractivity contribution in [1.82, 2.24) is 5.32 Å². The molecule has 2 aliphatic carbocycles. The van der Waals surface area contributed by atoms with Crippen molar-refractivity contribution in [2.24, 2.45) is 5.41 Å². The van der Waals surface area contributed by atoms with E-state index < -0.39 is 0 Å². The first-order valence-corrected chi connectivity index (χ1v) is 4.08. The van der Waals surface area contributed by atoms with E-state index in [4.69, 9.17) is 0 Å². The molecule has 1 heteroatoms. The summed E-state index contributed by atoms with van der Waals surface area (Å²) in [6, 6.07) is 0.887. The van der Waals surface area contributed by atoms with E-state index >= 15 is 0 Å². The van der Waals surface area contributed by atoms with Crippen LogP contribution in [0.2, 0.25) is 0 Å². The first-order chi connectivity index (χ1) is 4.35. The summed E-state index contributed by atoms with van der Waals surface area (Å²) in [4.78, 5) is 0. The third-order valence-electron chi connectivity index (χ3n) is 2.81. The smallest absolute Gasteiger partial charge is 0.00775 e. The Labute approximate surface area is 58.3 Å². The first-order valence-electron chi connectivity index (χ1n) is 4.08. The molecule has 0 aromatic heterocycles. The van der Waals surface area contributed by atoms with E-state index in [9.17, 15) is 0 Å². The topological polar surface area (TPSA) is 12.0 Å². The molecule has 54 valence electrons. The fourth-order valence-electron chi connectivity index (χ4n) is 2.00. The highest BCUT2D eigenvalue weighted by molar-refractivity contribution is 5.06. The molecular weight excluding hydrogens is 110 g/mol. The minimum Gasteiger partial charge on any atom is -0.314 e. The molecule has 0 radical (unpaired) electrons. The summed E-state index contributed by atoms with van der Waals surface area (Å²) in [5.41, 5.74) is 0.882. The van der Waals surface area contributed by atoms with Crippen LogP contribution in [-0.2, 0) is 0 Å². The molecule has 1 nitrogen and oxygen atoms in total. The minimum absolute atomic E-state index is 0. The van der Waals surface area contributed by atoms with Crippen molar-refractivity contribution < 1.29 is 1.43 Å². The van der Waals surface area contributed by atoms with Gasteiger partial charge < -0.3 is 5.32 Å². The van der Waals surface area contributed by atoms with Crippen LogP contribution in [0.1, 0.15) is 34.0 Å². The number of nitrogens with one attached hydrogen (secondary N) is 1. The second kappa shape index (κ2) is 1.72. The molecule has 0 unspecified atom stereocenters. The summed E-state index contributed by atoms with van der Waals surface area (Å²) in [5, 5.41) is 3.48. The first kappa shape index (κ1) is 5.72. The summed E-state index contributed by atoms with van der Waals surface area (Å²) in [6.45, 7) is 3.35. The highest BCUT2D eigenvalue weighted by Gasteiger charge is 2.52. The average Bonchev–Trinajstić information content (AvgIpc) is 2.45. The summed E-state index contributed by atoms with van der Waals surface area (Å²) in [5.74, 6) is 0. The van der Waals surface area contributed by atoms with Gasteiger partial charge in [0.15, 0.2) is 0 Å². The van der Waals surface area contributed by atoms with Gasteiger partial charge in [0.1, 0.15) is 0 Å². The molecule has 0 aliphatic heterocycles. The van der Waals surface area contributed by atoms with E-state index in [0.717, 1.165) is 18.0 Å². The van der Waals surface area contributed by atoms with Crippen molar-refractivity contribution in [3.05, 3.63) is 0 Å². The Balaban J connectivity index is 0.000000500. The highest BCUT2D eigenvalue weighted by Crippen LogP contribution is 2.60. The second-order valence-corrected chi connectivity index (χ2v) is 3.66. The molecule has 1 N–H and O–H groups in total. The molecule has 0 aromatic carbocycles. The van der Waals surface area contributed by atoms with Crippen LogP contribution in [0.15, 0.2) is 0 Å². The average molecular weight is 127 g/mol. The molecule has 2 saturated carbocycles. The Bertz CT molecular complexity index is 112. The van der Waals surface area contributed by atoms with Crippen LogP contribution in [0.3, 0.4) is 0 Å². The van der Waals surface area contributed by atoms with Crippen molar-refractivity contribution in [2.75, 3.05) is 6.54 Å². The van der Waals surface area contributed by atoms with Crippen molar-refractivity contribution >= 4 is 0 Å². The lowest BCUT2D eigenvalue weighted by atomic mass is 9.77. The maximum atomic E-state index is 3.48. The standard InChI is InChI=1S/C8H15N.H2/c1-2-9-7-5-8(6-7)3-4-8;/h7,9H,2-6H2,1H3;1H. The number of hydrogen-bond donors (Lipinski definition) is 1. The molecule has 2 fully saturated rings. The maximum Gasteiger partial charge on any atom is 0.00775 e. The van der Waals surface area contributed by atoms with Gasteiger partial charge in [0.05, 0.1) is 0 Å². The molecule has 0 bridgehead atoms. The second-order valence-electron chi connectivity index (χ2n) is 3.66. The normalized spacial score (nSPS) is 30.3. The fraction of sp³-hybridized carbons (Fsp3) is 1.00. The Morgan fingerprint density at radius 2 is 2.22 bits per heavy atom. The zero-order valence-electron chi connectivity index (χ0n) is 6.11. The Morgan fingerprint density at radius 1 is 1.56 bits per heavy atom. The fourth-order valence-corrected chi connectivity index (χ4v) is 2.00. The molecular formula is C8H17N. The predicted molar refractivity (Wildman–Crippen MR) is 40.5 cm³/mol. The van der Waals surface area contributed by atoms with Crippen LogP contribution in [0.25, 0.3) is 0 Å². The molecule has 9 heavy (non-hydrogen) atoms. The lowest BCUT2D eigenvalue weighted by Gasteiger charge is -2.36. The van der Waals surface area contributed by atoms with Crippen LogP contribution in [0.4, 0.5) is 0 Å². The predicted octanol–water partition coefficient (Wildman–Crippen LogP) is 1.78. The third kappa shape index (κ3) is 0.877. The highest BCUT2D eigenvalue weighted by atomic mass is 14.9. The van der Waals surface area contributed by atoms with Gasteiger partial charge in [-0.3, -0.25) is 0 Å². The lowest BCUT2D eigenvalue weighted by Crippen LogP contribution is -2.42. The Kier molecular flexibility index (Phi) is 1.10. The van der Waals surface area contributed by atoms with Crippen LogP contribution in [0.5, 0.6) is 0 Å². The molecule has 0 atom stereocenters. The minimum atomic E-state index is 0. The van der Waals surface area contributed by atoms with E-state index in [1.807, 2.05) is 0 Å². The summed E-state index contributed by atoms with van der Waals surface area (Å²) < 4.78 is 0. The van der Waals surface area contributed by atoms with E-state index in [1.165, 1.54) is 25.7 Å². The van der Waals surface area contributed by atoms with Crippen LogP contribution in [0, 0.1) is 5.41 Å². The molecule has 0 amide bonds. The number of hydrogen-bond acceptors (Lipinski definition) is 1. The van der Waals surface area contributed by atoms with Gasteiger partial charge in [-0.15, -0.1) is 0 Å². The molecule has 2 aliphatic rings. The van der Waals surface area contributed by atoms with Crippen molar-refractivity contribution in [3.8, 4) is 0 Å². The molecule has 0 saturated heterocycles. The van der Waals surface area contributed by atoms with Gasteiger partial charge in [-0.25, -0.2) is 0 Å². The van der Waals surface area contributed by atoms with Crippen LogP contribution in [-0.4, -0.2) is 12.6 Å². The SMILES string of the molecule is CCNC1CC2(CC2)C1.[HH]. The van der Waals surface area contributed by atoms with Gasteiger partial charge >= 0.3 is 0 Å². The van der Waals surface area contributed by atoms with Gasteiger partial charge in [0.2, 0.25) is 0 Å². The molecule has 2 rings (SSSR count). The maximum absolute atomic E-state index is 3.48. The van der Waals surface area contributed by atoms with E-state index in [2.05, 4.69) is 12.2 Å². The van der Waals surface area contributed by atoms with Gasteiger partial charge in [-0.2, -0.15) is 0 Å². The summed E-state index contributed by atoms with van der Waals surface area (Å²) in [6.07, 6.45) is 5.99. The number of rotatable bonds is 2. The van der Waals surface area contributed by atoms with Gasteiger partial charge in [0, 0.05) is 7.47 Å². The lowest BCUT2D eigenvalue weighted by molar-refractivity contribution is 0.202. The largest absolute Gasteiger partial charge is 0.314 e. The molecule has 1 spiro atoms. The Morgan fingerprint density at radius 3 is 2.67 bits per heavy atom. The van der Waals surface area contributed by atoms with Crippen molar-refractivity contribution in [3.63, 3.8) is 0 Å². The van der Waals surface area contributed by atoms with Gasteiger partial charge in [-0.05, 0) is 37.6 Å². The zero-order chi connectivity index (χ0) is 6.32. The summed E-state index contributed by atoms with van der Waals surface area (Å²) >= 11 is 0. The van der Waals surface area contributed by atoms with Crippen molar-refractivity contribution in [2.45, 2.75) is 38.6 Å². The molecule has 0 heterocycles. The van der Waals surface area contributed by atoms with Gasteiger partial charge in [-0.1, -0.05) is 6.92 Å². The third-order valence-corrected chi connectivity index (χ3v) is 2.81. The van der Waals surface area contributed by atoms with Crippen LogP contribution < -0.4 is 5.32 Å². The zero-order valence-corrected chi connectivity index (χ0v) is 6.11. The monoisotopic (exact) mass is 127 g/mol. The van der Waals surface area contributed by atoms with Crippen LogP contribution >= 0.6 is 0 Å². The van der Waals surface area contributed by atoms with E-state index in [0.29, 0.717) is 0 Å². The van der Waals surface area contributed by atoms with E-state index in [-0.39, 0.29) is 1.43 Å². The Hall–Kier alpha value is -0.0400. The van der Waals surface area contributed by atoms with Crippen molar-refractivity contribution in [1.29, 1.82) is 0 Å². The van der Waals surface area contributed by atoms with E-state index in [1.54, 1.807) is 0 Å². The van der Waals surface area contributed by atoms with Gasteiger partial charge in [0.25, 0.3) is 0 Å². The quantitative estimate of drug-likeness (QED) is 0.596.